The van der Waals surface area contributed by atoms with Crippen LogP contribution in [0, 0.1) is 17.0 Å². The number of carbonyl (C=O) groups is 1. The van der Waals surface area contributed by atoms with Crippen molar-refractivity contribution in [2.45, 2.75) is 13.3 Å². The molecule has 5 rings (SSSR count). The van der Waals surface area contributed by atoms with E-state index in [9.17, 15) is 14.9 Å². The SMILES string of the molecule is Cc1cc(NC(=O)Cc2cn(-c3ccccc3)nc2-c2ccc([N+](=O)[O-])cc2)ccc1-n1cnnn1. The largest absolute Gasteiger partial charge is 0.326 e. The highest BCUT2D eigenvalue weighted by Crippen LogP contribution is 2.27. The van der Waals surface area contributed by atoms with Crippen molar-refractivity contribution in [1.82, 2.24) is 30.0 Å². The molecule has 3 aromatic carbocycles. The van der Waals surface area contributed by atoms with Crippen molar-refractivity contribution in [3.63, 3.8) is 0 Å². The van der Waals surface area contributed by atoms with Crippen LogP contribution in [0.3, 0.4) is 0 Å². The lowest BCUT2D eigenvalue weighted by molar-refractivity contribution is -0.384. The number of non-ortho nitro benzene ring substituents is 1. The molecule has 0 saturated carbocycles. The number of hydrogen-bond acceptors (Lipinski definition) is 7. The number of rotatable bonds is 7. The number of anilines is 1. The molecule has 0 bridgehead atoms. The maximum Gasteiger partial charge on any atom is 0.269 e. The zero-order valence-electron chi connectivity index (χ0n) is 19.1. The molecule has 0 spiro atoms. The lowest BCUT2D eigenvalue weighted by atomic mass is 10.1. The minimum absolute atomic E-state index is 0.0129. The zero-order valence-corrected chi connectivity index (χ0v) is 19.1. The molecule has 0 radical (unpaired) electrons. The Morgan fingerprint density at radius 2 is 1.81 bits per heavy atom. The van der Waals surface area contributed by atoms with Crippen LogP contribution in [0.1, 0.15) is 11.1 Å². The Morgan fingerprint density at radius 3 is 2.47 bits per heavy atom. The second-order valence-electron chi connectivity index (χ2n) is 8.07. The quantitative estimate of drug-likeness (QED) is 0.276. The first kappa shape index (κ1) is 22.6. The van der Waals surface area contributed by atoms with Crippen molar-refractivity contribution in [2.24, 2.45) is 0 Å². The van der Waals surface area contributed by atoms with Gasteiger partial charge in [-0.05, 0) is 65.4 Å². The fraction of sp³-hybridized carbons (Fsp3) is 0.0800. The third kappa shape index (κ3) is 4.71. The molecule has 5 aromatic rings. The van der Waals surface area contributed by atoms with E-state index in [1.807, 2.05) is 49.4 Å². The van der Waals surface area contributed by atoms with Crippen molar-refractivity contribution < 1.29 is 9.72 Å². The maximum absolute atomic E-state index is 13.0. The molecule has 178 valence electrons. The van der Waals surface area contributed by atoms with E-state index < -0.39 is 4.92 Å². The van der Waals surface area contributed by atoms with Gasteiger partial charge in [-0.2, -0.15) is 5.10 Å². The number of tetrazole rings is 1. The predicted molar refractivity (Wildman–Crippen MR) is 132 cm³/mol. The number of nitro benzene ring substituents is 1. The zero-order chi connectivity index (χ0) is 25.1. The Labute approximate surface area is 205 Å². The summed E-state index contributed by atoms with van der Waals surface area (Å²) in [5.74, 6) is -0.222. The van der Waals surface area contributed by atoms with Gasteiger partial charge < -0.3 is 5.32 Å². The fourth-order valence-corrected chi connectivity index (χ4v) is 3.88. The summed E-state index contributed by atoms with van der Waals surface area (Å²) in [6, 6.07) is 21.1. The van der Waals surface area contributed by atoms with E-state index in [4.69, 9.17) is 0 Å². The number of hydrogen-bond donors (Lipinski definition) is 1. The van der Waals surface area contributed by atoms with Crippen molar-refractivity contribution in [2.75, 3.05) is 5.32 Å². The van der Waals surface area contributed by atoms with Gasteiger partial charge in [0.2, 0.25) is 5.91 Å². The first-order valence-corrected chi connectivity index (χ1v) is 11.0. The number of aromatic nitrogens is 6. The van der Waals surface area contributed by atoms with Gasteiger partial charge in [-0.3, -0.25) is 14.9 Å². The molecule has 1 N–H and O–H groups in total. The molecule has 11 nitrogen and oxygen atoms in total. The van der Waals surface area contributed by atoms with E-state index in [2.05, 4.69) is 25.9 Å². The molecule has 2 aromatic heterocycles. The van der Waals surface area contributed by atoms with Crippen molar-refractivity contribution in [1.29, 1.82) is 0 Å². The van der Waals surface area contributed by atoms with Gasteiger partial charge in [0.1, 0.15) is 6.33 Å². The van der Waals surface area contributed by atoms with E-state index in [0.717, 1.165) is 16.9 Å². The van der Waals surface area contributed by atoms with Gasteiger partial charge in [-0.1, -0.05) is 18.2 Å². The molecule has 0 aliphatic carbocycles. The molecular formula is C25H20N8O3. The standard InChI is InChI=1S/C25H20N8O3/c1-17-13-20(9-12-23(17)32-16-26-29-30-32)27-24(34)14-19-15-31(21-5-3-2-4-6-21)28-25(19)18-7-10-22(11-8-18)33(35)36/h2-13,15-16H,14H2,1H3,(H,27,34). The summed E-state index contributed by atoms with van der Waals surface area (Å²) in [6.07, 6.45) is 3.37. The van der Waals surface area contributed by atoms with Gasteiger partial charge in [0.15, 0.2) is 0 Å². The normalized spacial score (nSPS) is 10.8. The molecule has 11 heteroatoms. The molecule has 1 amide bonds. The fourth-order valence-electron chi connectivity index (χ4n) is 3.88. The van der Waals surface area contributed by atoms with Crippen molar-refractivity contribution in [3.05, 3.63) is 107 Å². The topological polar surface area (TPSA) is 134 Å². The second kappa shape index (κ2) is 9.58. The minimum Gasteiger partial charge on any atom is -0.326 e. The summed E-state index contributed by atoms with van der Waals surface area (Å²) < 4.78 is 3.25. The highest BCUT2D eigenvalue weighted by atomic mass is 16.6. The van der Waals surface area contributed by atoms with Gasteiger partial charge >= 0.3 is 0 Å². The Morgan fingerprint density at radius 1 is 1.03 bits per heavy atom. The molecule has 0 fully saturated rings. The number of benzene rings is 3. The van der Waals surface area contributed by atoms with Crippen molar-refractivity contribution in [3.8, 4) is 22.6 Å². The number of nitrogens with one attached hydrogen (secondary N) is 1. The average Bonchev–Trinajstić information content (AvgIpc) is 3.55. The summed E-state index contributed by atoms with van der Waals surface area (Å²) >= 11 is 0. The molecular weight excluding hydrogens is 460 g/mol. The average molecular weight is 480 g/mol. The number of aryl methyl sites for hydroxylation is 1. The Kier molecular flexibility index (Phi) is 6.02. The number of amides is 1. The van der Waals surface area contributed by atoms with Crippen LogP contribution in [-0.2, 0) is 11.2 Å². The molecule has 0 aliphatic rings. The highest BCUT2D eigenvalue weighted by molar-refractivity contribution is 5.93. The summed E-state index contributed by atoms with van der Waals surface area (Å²) in [5.41, 5.74) is 5.11. The molecule has 0 aliphatic heterocycles. The van der Waals surface area contributed by atoms with Crippen LogP contribution in [0.25, 0.3) is 22.6 Å². The first-order chi connectivity index (χ1) is 17.5. The van der Waals surface area contributed by atoms with Gasteiger partial charge in [0.25, 0.3) is 5.69 Å². The Hall–Kier alpha value is -5.19. The van der Waals surface area contributed by atoms with Crippen LogP contribution in [-0.4, -0.2) is 40.8 Å². The van der Waals surface area contributed by atoms with Crippen LogP contribution in [0.4, 0.5) is 11.4 Å². The Bertz CT molecular complexity index is 1530. The predicted octanol–water partition coefficient (Wildman–Crippen LogP) is 3.91. The van der Waals surface area contributed by atoms with E-state index >= 15 is 0 Å². The van der Waals surface area contributed by atoms with E-state index in [1.54, 1.807) is 33.8 Å². The molecule has 2 heterocycles. The maximum atomic E-state index is 13.0. The van der Waals surface area contributed by atoms with Crippen LogP contribution >= 0.6 is 0 Å². The van der Waals surface area contributed by atoms with Gasteiger partial charge in [0, 0.05) is 35.1 Å². The Balaban J connectivity index is 1.41. The van der Waals surface area contributed by atoms with Crippen LogP contribution in [0.15, 0.2) is 85.3 Å². The van der Waals surface area contributed by atoms with E-state index in [0.29, 0.717) is 22.5 Å². The van der Waals surface area contributed by atoms with E-state index in [1.165, 1.54) is 18.5 Å². The summed E-state index contributed by atoms with van der Waals surface area (Å²) in [7, 11) is 0. The lowest BCUT2D eigenvalue weighted by Crippen LogP contribution is -2.15. The monoisotopic (exact) mass is 480 g/mol. The molecule has 0 atom stereocenters. The van der Waals surface area contributed by atoms with Crippen LogP contribution < -0.4 is 5.32 Å². The number of carbonyl (C=O) groups excluding carboxylic acids is 1. The third-order valence-electron chi connectivity index (χ3n) is 5.59. The van der Waals surface area contributed by atoms with E-state index in [-0.39, 0.29) is 18.0 Å². The number of nitro groups is 1. The smallest absolute Gasteiger partial charge is 0.269 e. The molecule has 0 saturated heterocycles. The first-order valence-electron chi connectivity index (χ1n) is 11.0. The van der Waals surface area contributed by atoms with Crippen LogP contribution in [0.5, 0.6) is 0 Å². The minimum atomic E-state index is -0.451. The second-order valence-corrected chi connectivity index (χ2v) is 8.07. The summed E-state index contributed by atoms with van der Waals surface area (Å²) in [4.78, 5) is 23.6. The lowest BCUT2D eigenvalue weighted by Gasteiger charge is -2.09. The van der Waals surface area contributed by atoms with Crippen molar-refractivity contribution >= 4 is 17.3 Å². The van der Waals surface area contributed by atoms with Gasteiger partial charge in [-0.15, -0.1) is 5.10 Å². The number of para-hydroxylation sites is 1. The van der Waals surface area contributed by atoms with Crippen LogP contribution in [0.2, 0.25) is 0 Å². The number of nitrogens with zero attached hydrogens (tertiary/aromatic N) is 7. The van der Waals surface area contributed by atoms with Gasteiger partial charge in [0.05, 0.1) is 28.4 Å². The third-order valence-corrected chi connectivity index (χ3v) is 5.59. The van der Waals surface area contributed by atoms with Gasteiger partial charge in [-0.25, -0.2) is 9.36 Å². The highest BCUT2D eigenvalue weighted by Gasteiger charge is 2.17. The molecule has 0 unspecified atom stereocenters. The summed E-state index contributed by atoms with van der Waals surface area (Å²) in [6.45, 7) is 1.91. The summed E-state index contributed by atoms with van der Waals surface area (Å²) in [5, 5.41) is 29.9. The molecule has 36 heavy (non-hydrogen) atoms.